The van der Waals surface area contributed by atoms with Gasteiger partial charge in [0.2, 0.25) is 0 Å². The minimum atomic E-state index is 0.0369. The smallest absolute Gasteiger partial charge is 0.255 e. The van der Waals surface area contributed by atoms with E-state index in [1.807, 2.05) is 0 Å². The second kappa shape index (κ2) is 4.77. The van der Waals surface area contributed by atoms with E-state index in [0.717, 1.165) is 18.7 Å². The Bertz CT molecular complexity index is 352. The minimum Gasteiger partial charge on any atom is -0.365 e. The quantitative estimate of drug-likeness (QED) is 0.790. The molecule has 3 rings (SSSR count). The van der Waals surface area contributed by atoms with Crippen LogP contribution in [0.2, 0.25) is 0 Å². The molecule has 94 valence electrons. The number of hydrogen-bond donors (Lipinski definition) is 0. The molecule has 17 heavy (non-hydrogen) atoms. The summed E-state index contributed by atoms with van der Waals surface area (Å²) in [5.74, 6) is 2.11. The fourth-order valence-corrected chi connectivity index (χ4v) is 2.89. The zero-order chi connectivity index (χ0) is 11.7. The molecule has 0 spiro atoms. The molecule has 0 radical (unpaired) electrons. The molecule has 2 heterocycles. The molecule has 0 bridgehead atoms. The summed E-state index contributed by atoms with van der Waals surface area (Å²) in [5.41, 5.74) is 0. The van der Waals surface area contributed by atoms with Gasteiger partial charge in [-0.2, -0.15) is 4.98 Å². The van der Waals surface area contributed by atoms with E-state index >= 15 is 0 Å². The van der Waals surface area contributed by atoms with Gasteiger partial charge in [-0.05, 0) is 32.6 Å². The van der Waals surface area contributed by atoms with E-state index in [0.29, 0.717) is 17.9 Å². The third kappa shape index (κ3) is 2.37. The Morgan fingerprint density at radius 2 is 1.88 bits per heavy atom. The van der Waals surface area contributed by atoms with Gasteiger partial charge >= 0.3 is 0 Å². The molecule has 1 aromatic rings. The van der Waals surface area contributed by atoms with Crippen LogP contribution in [0.5, 0.6) is 0 Å². The standard InChI is InChI=1S/C13H20N2O2/c1-9-7-8-11(16-9)13-14-12(15-17-13)10-5-3-2-4-6-10/h9-11H,2-8H2,1H3/t9-,11+/m0/s1. The third-order valence-electron chi connectivity index (χ3n) is 3.94. The van der Waals surface area contributed by atoms with Gasteiger partial charge in [0.05, 0.1) is 6.10 Å². The van der Waals surface area contributed by atoms with Gasteiger partial charge < -0.3 is 9.26 Å². The molecule has 1 saturated heterocycles. The molecule has 0 amide bonds. The number of ether oxygens (including phenoxy) is 1. The maximum atomic E-state index is 5.75. The van der Waals surface area contributed by atoms with Crippen LogP contribution in [0.15, 0.2) is 4.52 Å². The molecular weight excluding hydrogens is 216 g/mol. The zero-order valence-corrected chi connectivity index (χ0v) is 10.4. The lowest BCUT2D eigenvalue weighted by Gasteiger charge is -2.17. The molecule has 1 aromatic heterocycles. The first-order valence-corrected chi connectivity index (χ1v) is 6.82. The summed E-state index contributed by atoms with van der Waals surface area (Å²) in [4.78, 5) is 4.55. The van der Waals surface area contributed by atoms with Crippen LogP contribution in [-0.4, -0.2) is 16.2 Å². The van der Waals surface area contributed by atoms with Crippen molar-refractivity contribution in [2.24, 2.45) is 0 Å². The first-order chi connectivity index (χ1) is 8.33. The topological polar surface area (TPSA) is 48.2 Å². The maximum absolute atomic E-state index is 5.75. The highest BCUT2D eigenvalue weighted by Gasteiger charge is 2.29. The van der Waals surface area contributed by atoms with Crippen LogP contribution >= 0.6 is 0 Å². The number of hydrogen-bond acceptors (Lipinski definition) is 4. The summed E-state index contributed by atoms with van der Waals surface area (Å²) in [5, 5.41) is 4.14. The predicted molar refractivity (Wildman–Crippen MR) is 62.6 cm³/mol. The van der Waals surface area contributed by atoms with Crippen LogP contribution in [0.1, 0.15) is 75.6 Å². The zero-order valence-electron chi connectivity index (χ0n) is 10.4. The molecule has 1 saturated carbocycles. The average Bonchev–Trinajstić information content (AvgIpc) is 2.98. The van der Waals surface area contributed by atoms with Gasteiger partial charge in [0, 0.05) is 5.92 Å². The lowest BCUT2D eigenvalue weighted by molar-refractivity contribution is 0.0355. The molecule has 0 unspecified atom stereocenters. The van der Waals surface area contributed by atoms with E-state index in [1.165, 1.54) is 32.1 Å². The monoisotopic (exact) mass is 236 g/mol. The van der Waals surface area contributed by atoms with E-state index in [9.17, 15) is 0 Å². The Labute approximate surface area is 102 Å². The maximum Gasteiger partial charge on any atom is 0.255 e. The van der Waals surface area contributed by atoms with Crippen molar-refractivity contribution in [2.45, 2.75) is 70.0 Å². The van der Waals surface area contributed by atoms with Gasteiger partial charge in [-0.1, -0.05) is 24.4 Å². The summed E-state index contributed by atoms with van der Waals surface area (Å²) in [6, 6.07) is 0. The molecule has 2 fully saturated rings. The highest BCUT2D eigenvalue weighted by atomic mass is 16.5. The van der Waals surface area contributed by atoms with Gasteiger partial charge in [0.1, 0.15) is 6.10 Å². The second-order valence-corrected chi connectivity index (χ2v) is 5.34. The van der Waals surface area contributed by atoms with E-state index < -0.39 is 0 Å². The van der Waals surface area contributed by atoms with Crippen LogP contribution in [0, 0.1) is 0 Å². The normalized spacial score (nSPS) is 30.9. The highest BCUT2D eigenvalue weighted by molar-refractivity contribution is 4.99. The van der Waals surface area contributed by atoms with Crippen LogP contribution in [0.25, 0.3) is 0 Å². The Kier molecular flexibility index (Phi) is 3.14. The van der Waals surface area contributed by atoms with Gasteiger partial charge in [-0.15, -0.1) is 0 Å². The minimum absolute atomic E-state index is 0.0369. The Morgan fingerprint density at radius 3 is 2.59 bits per heavy atom. The number of rotatable bonds is 2. The SMILES string of the molecule is C[C@H]1CC[C@H](c2nc(C3CCCCC3)no2)O1. The van der Waals surface area contributed by atoms with Crippen LogP contribution < -0.4 is 0 Å². The van der Waals surface area contributed by atoms with E-state index in [2.05, 4.69) is 17.1 Å². The fourth-order valence-electron chi connectivity index (χ4n) is 2.89. The molecule has 0 aromatic carbocycles. The summed E-state index contributed by atoms with van der Waals surface area (Å²) >= 11 is 0. The molecule has 2 atom stereocenters. The van der Waals surface area contributed by atoms with Crippen molar-refractivity contribution in [2.75, 3.05) is 0 Å². The first kappa shape index (κ1) is 11.2. The van der Waals surface area contributed by atoms with Crippen LogP contribution in [-0.2, 0) is 4.74 Å². The summed E-state index contributed by atoms with van der Waals surface area (Å²) in [6.45, 7) is 2.10. The fraction of sp³-hybridized carbons (Fsp3) is 0.846. The Balaban J connectivity index is 1.69. The van der Waals surface area contributed by atoms with Crippen molar-refractivity contribution < 1.29 is 9.26 Å². The van der Waals surface area contributed by atoms with Gasteiger partial charge in [0.25, 0.3) is 5.89 Å². The van der Waals surface area contributed by atoms with Crippen molar-refractivity contribution in [3.8, 4) is 0 Å². The van der Waals surface area contributed by atoms with E-state index in [-0.39, 0.29) is 6.10 Å². The number of nitrogens with zero attached hydrogens (tertiary/aromatic N) is 2. The van der Waals surface area contributed by atoms with Crippen LogP contribution in [0.3, 0.4) is 0 Å². The average molecular weight is 236 g/mol. The lowest BCUT2D eigenvalue weighted by atomic mass is 9.89. The molecule has 4 nitrogen and oxygen atoms in total. The molecule has 4 heteroatoms. The number of aromatic nitrogens is 2. The summed E-state index contributed by atoms with van der Waals surface area (Å²) in [7, 11) is 0. The van der Waals surface area contributed by atoms with Crippen molar-refractivity contribution in [3.05, 3.63) is 11.7 Å². The molecule has 1 aliphatic carbocycles. The van der Waals surface area contributed by atoms with Gasteiger partial charge in [-0.3, -0.25) is 0 Å². The highest BCUT2D eigenvalue weighted by Crippen LogP contribution is 2.34. The lowest BCUT2D eigenvalue weighted by Crippen LogP contribution is -2.07. The predicted octanol–water partition coefficient (Wildman–Crippen LogP) is 3.36. The van der Waals surface area contributed by atoms with Crippen molar-refractivity contribution in [3.63, 3.8) is 0 Å². The molecule has 2 aliphatic rings. The first-order valence-electron chi connectivity index (χ1n) is 6.82. The Morgan fingerprint density at radius 1 is 1.06 bits per heavy atom. The molecular formula is C13H20N2O2. The van der Waals surface area contributed by atoms with Crippen molar-refractivity contribution >= 4 is 0 Å². The Hall–Kier alpha value is -0.900. The summed E-state index contributed by atoms with van der Waals surface area (Å²) < 4.78 is 11.1. The second-order valence-electron chi connectivity index (χ2n) is 5.34. The van der Waals surface area contributed by atoms with E-state index in [4.69, 9.17) is 9.26 Å². The van der Waals surface area contributed by atoms with Crippen molar-refractivity contribution in [1.29, 1.82) is 0 Å². The van der Waals surface area contributed by atoms with Crippen LogP contribution in [0.4, 0.5) is 0 Å². The van der Waals surface area contributed by atoms with Gasteiger partial charge in [-0.25, -0.2) is 0 Å². The van der Waals surface area contributed by atoms with E-state index in [1.54, 1.807) is 0 Å². The molecule has 0 N–H and O–H groups in total. The summed E-state index contributed by atoms with van der Waals surface area (Å²) in [6.07, 6.45) is 8.82. The largest absolute Gasteiger partial charge is 0.365 e. The van der Waals surface area contributed by atoms with Crippen molar-refractivity contribution in [1.82, 2.24) is 10.1 Å². The third-order valence-corrected chi connectivity index (χ3v) is 3.94. The van der Waals surface area contributed by atoms with Gasteiger partial charge in [0.15, 0.2) is 5.82 Å². The molecule has 1 aliphatic heterocycles.